The Morgan fingerprint density at radius 2 is 2.03 bits per heavy atom. The van der Waals surface area contributed by atoms with E-state index >= 15 is 0 Å². The lowest BCUT2D eigenvalue weighted by molar-refractivity contribution is -0.135. The van der Waals surface area contributed by atoms with Crippen LogP contribution in [0.4, 0.5) is 0 Å². The Balaban J connectivity index is 1.85. The maximum atomic E-state index is 12.5. The number of rotatable bonds is 6. The van der Waals surface area contributed by atoms with Crippen molar-refractivity contribution in [3.8, 4) is 22.6 Å². The third-order valence-corrected chi connectivity index (χ3v) is 6.05. The second kappa shape index (κ2) is 8.19. The summed E-state index contributed by atoms with van der Waals surface area (Å²) in [6.45, 7) is 8.52. The molecule has 1 unspecified atom stereocenters. The summed E-state index contributed by atoms with van der Waals surface area (Å²) in [5, 5.41) is 0. The molecule has 154 valence electrons. The van der Waals surface area contributed by atoms with Crippen molar-refractivity contribution in [3.63, 3.8) is 0 Å². The average Bonchev–Trinajstić information content (AvgIpc) is 2.69. The second-order valence-electron chi connectivity index (χ2n) is 8.59. The number of nitrogens with zero attached hydrogens (tertiary/aromatic N) is 1. The summed E-state index contributed by atoms with van der Waals surface area (Å²) in [7, 11) is 1.64. The average molecular weight is 394 g/mol. The maximum Gasteiger partial charge on any atom is 0.311 e. The highest BCUT2D eigenvalue weighted by Crippen LogP contribution is 2.51. The molecule has 4 nitrogen and oxygen atoms in total. The Kier molecular flexibility index (Phi) is 5.64. The van der Waals surface area contributed by atoms with E-state index in [9.17, 15) is 4.79 Å². The predicted octanol–water partition coefficient (Wildman–Crippen LogP) is 5.18. The van der Waals surface area contributed by atoms with Crippen LogP contribution >= 0.6 is 0 Å². The van der Waals surface area contributed by atoms with E-state index in [-0.39, 0.29) is 11.9 Å². The van der Waals surface area contributed by atoms with Crippen LogP contribution in [0.25, 0.3) is 11.1 Å². The molecule has 0 radical (unpaired) electrons. The monoisotopic (exact) mass is 393 g/mol. The van der Waals surface area contributed by atoms with Gasteiger partial charge in [-0.3, -0.25) is 9.69 Å². The molecule has 2 aromatic carbocycles. The van der Waals surface area contributed by atoms with Crippen LogP contribution < -0.4 is 9.47 Å². The van der Waals surface area contributed by atoms with E-state index in [0.717, 1.165) is 37.9 Å². The first-order valence-corrected chi connectivity index (χ1v) is 10.8. The number of hydrogen-bond donors (Lipinski definition) is 0. The Morgan fingerprint density at radius 3 is 2.76 bits per heavy atom. The Labute approximate surface area is 173 Å². The van der Waals surface area contributed by atoms with E-state index in [1.54, 1.807) is 7.11 Å². The highest BCUT2D eigenvalue weighted by atomic mass is 16.6. The fourth-order valence-electron chi connectivity index (χ4n) is 4.86. The van der Waals surface area contributed by atoms with Gasteiger partial charge in [-0.15, -0.1) is 0 Å². The number of carbonyl (C=O) groups is 1. The van der Waals surface area contributed by atoms with Crippen molar-refractivity contribution in [3.05, 3.63) is 47.0 Å². The van der Waals surface area contributed by atoms with E-state index in [2.05, 4.69) is 36.1 Å². The molecule has 29 heavy (non-hydrogen) atoms. The van der Waals surface area contributed by atoms with E-state index in [1.807, 2.05) is 19.9 Å². The van der Waals surface area contributed by atoms with Gasteiger partial charge in [-0.1, -0.05) is 45.0 Å². The van der Waals surface area contributed by atoms with Gasteiger partial charge in [0.05, 0.1) is 7.11 Å². The van der Waals surface area contributed by atoms with Crippen molar-refractivity contribution >= 4 is 5.97 Å². The molecule has 0 saturated heterocycles. The zero-order valence-corrected chi connectivity index (χ0v) is 18.0. The van der Waals surface area contributed by atoms with Crippen molar-refractivity contribution < 1.29 is 14.3 Å². The molecule has 0 aromatic heterocycles. The number of fused-ring (bicyclic) bond motifs is 2. The predicted molar refractivity (Wildman–Crippen MR) is 116 cm³/mol. The quantitative estimate of drug-likeness (QED) is 0.501. The molecule has 0 amide bonds. The van der Waals surface area contributed by atoms with Gasteiger partial charge in [-0.2, -0.15) is 0 Å². The summed E-state index contributed by atoms with van der Waals surface area (Å²) in [6, 6.07) is 11.1. The third kappa shape index (κ3) is 3.66. The van der Waals surface area contributed by atoms with Crippen molar-refractivity contribution in [1.82, 2.24) is 4.90 Å². The molecule has 2 aromatic rings. The molecule has 1 aliphatic carbocycles. The number of esters is 1. The number of hydrogen-bond acceptors (Lipinski definition) is 4. The van der Waals surface area contributed by atoms with Gasteiger partial charge in [0.25, 0.3) is 0 Å². The SMILES string of the molecule is CCCN1CCc2cccc3c2C1Cc1ccc(OC)c(OC(=O)CC(C)C)c1-3. The molecule has 0 saturated carbocycles. The smallest absolute Gasteiger partial charge is 0.311 e. The minimum absolute atomic E-state index is 0.203. The Morgan fingerprint density at radius 1 is 1.21 bits per heavy atom. The highest BCUT2D eigenvalue weighted by molar-refractivity contribution is 5.86. The Bertz CT molecular complexity index is 919. The molecule has 1 atom stereocenters. The van der Waals surface area contributed by atoms with Crippen LogP contribution in [0.3, 0.4) is 0 Å². The Hall–Kier alpha value is -2.33. The summed E-state index contributed by atoms with van der Waals surface area (Å²) >= 11 is 0. The lowest BCUT2D eigenvalue weighted by atomic mass is 9.76. The van der Waals surface area contributed by atoms with Crippen LogP contribution in [0.2, 0.25) is 0 Å². The first-order chi connectivity index (χ1) is 14.0. The van der Waals surface area contributed by atoms with Gasteiger partial charge in [0.2, 0.25) is 0 Å². The molecule has 0 N–H and O–H groups in total. The molecular formula is C25H31NO3. The van der Waals surface area contributed by atoms with E-state index in [1.165, 1.54) is 22.3 Å². The zero-order chi connectivity index (χ0) is 20.5. The van der Waals surface area contributed by atoms with E-state index < -0.39 is 0 Å². The zero-order valence-electron chi connectivity index (χ0n) is 18.0. The van der Waals surface area contributed by atoms with Gasteiger partial charge in [-0.05, 0) is 60.0 Å². The molecule has 4 heteroatoms. The van der Waals surface area contributed by atoms with Gasteiger partial charge in [-0.25, -0.2) is 0 Å². The van der Waals surface area contributed by atoms with Crippen LogP contribution in [-0.2, 0) is 17.6 Å². The van der Waals surface area contributed by atoms with Crippen molar-refractivity contribution in [2.75, 3.05) is 20.2 Å². The normalized spacial score (nSPS) is 17.6. The van der Waals surface area contributed by atoms with Crippen LogP contribution in [0.5, 0.6) is 11.5 Å². The maximum absolute atomic E-state index is 12.5. The molecule has 1 aliphatic heterocycles. The first kappa shape index (κ1) is 20.0. The van der Waals surface area contributed by atoms with Crippen molar-refractivity contribution in [2.24, 2.45) is 5.92 Å². The fraction of sp³-hybridized carbons (Fsp3) is 0.480. The largest absolute Gasteiger partial charge is 0.493 e. The van der Waals surface area contributed by atoms with Gasteiger partial charge < -0.3 is 9.47 Å². The molecule has 1 heterocycles. The molecule has 0 bridgehead atoms. The minimum atomic E-state index is -0.203. The highest BCUT2D eigenvalue weighted by Gasteiger charge is 2.36. The second-order valence-corrected chi connectivity index (χ2v) is 8.59. The molecular weight excluding hydrogens is 362 g/mol. The van der Waals surface area contributed by atoms with E-state index in [0.29, 0.717) is 24.0 Å². The number of benzene rings is 2. The fourth-order valence-corrected chi connectivity index (χ4v) is 4.86. The van der Waals surface area contributed by atoms with Crippen molar-refractivity contribution in [2.45, 2.75) is 52.5 Å². The summed E-state index contributed by atoms with van der Waals surface area (Å²) < 4.78 is 11.5. The number of methoxy groups -OCH3 is 1. The van der Waals surface area contributed by atoms with Crippen LogP contribution in [-0.4, -0.2) is 31.1 Å². The summed E-state index contributed by atoms with van der Waals surface area (Å²) in [5.74, 6) is 1.25. The standard InChI is InChI=1S/C25H31NO3/c1-5-12-26-13-11-17-7-6-8-19-23(17)20(26)15-18-9-10-21(28-4)25(24(18)19)29-22(27)14-16(2)3/h6-10,16,20H,5,11-15H2,1-4H3. The summed E-state index contributed by atoms with van der Waals surface area (Å²) in [4.78, 5) is 15.2. The first-order valence-electron chi connectivity index (χ1n) is 10.8. The minimum Gasteiger partial charge on any atom is -0.493 e. The van der Waals surface area contributed by atoms with Gasteiger partial charge in [0, 0.05) is 24.6 Å². The molecule has 0 fully saturated rings. The van der Waals surface area contributed by atoms with Crippen molar-refractivity contribution in [1.29, 1.82) is 0 Å². The van der Waals surface area contributed by atoms with Crippen LogP contribution in [0.15, 0.2) is 30.3 Å². The van der Waals surface area contributed by atoms with Gasteiger partial charge >= 0.3 is 5.97 Å². The third-order valence-electron chi connectivity index (χ3n) is 6.05. The lowest BCUT2D eigenvalue weighted by Crippen LogP contribution is -2.38. The summed E-state index contributed by atoms with van der Waals surface area (Å²) in [6.07, 6.45) is 3.56. The van der Waals surface area contributed by atoms with E-state index in [4.69, 9.17) is 9.47 Å². The van der Waals surface area contributed by atoms with Crippen LogP contribution in [0.1, 0.15) is 56.3 Å². The lowest BCUT2D eigenvalue weighted by Gasteiger charge is -2.42. The van der Waals surface area contributed by atoms with Crippen LogP contribution in [0, 0.1) is 5.92 Å². The van der Waals surface area contributed by atoms with Gasteiger partial charge in [0.1, 0.15) is 0 Å². The topological polar surface area (TPSA) is 38.8 Å². The number of ether oxygens (including phenoxy) is 2. The number of carbonyl (C=O) groups excluding carboxylic acids is 1. The molecule has 4 rings (SSSR count). The molecule has 0 spiro atoms. The van der Waals surface area contributed by atoms with Gasteiger partial charge in [0.15, 0.2) is 11.5 Å². The molecule has 2 aliphatic rings. The summed E-state index contributed by atoms with van der Waals surface area (Å²) in [5.41, 5.74) is 6.30.